The minimum atomic E-state index is -3.63. The lowest BCUT2D eigenvalue weighted by Crippen LogP contribution is -2.27. The van der Waals surface area contributed by atoms with E-state index in [1.165, 1.54) is 48.1 Å². The van der Waals surface area contributed by atoms with Crippen LogP contribution in [0.25, 0.3) is 11.1 Å². The molecule has 0 radical (unpaired) electrons. The third-order valence-electron chi connectivity index (χ3n) is 5.08. The maximum absolute atomic E-state index is 12.6. The van der Waals surface area contributed by atoms with Crippen molar-refractivity contribution in [2.45, 2.75) is 11.3 Å². The fraction of sp³-hybridized carbons (Fsp3) is 0.174. The van der Waals surface area contributed by atoms with Crippen LogP contribution >= 0.6 is 0 Å². The number of amides is 1. The molecule has 0 saturated heterocycles. The molecule has 1 amide bonds. The summed E-state index contributed by atoms with van der Waals surface area (Å²) in [6.07, 6.45) is 0.897. The molecule has 4 rings (SSSR count). The fourth-order valence-electron chi connectivity index (χ4n) is 3.55. The molecule has 0 aromatic heterocycles. The van der Waals surface area contributed by atoms with Crippen LogP contribution in [-0.2, 0) is 21.2 Å². The largest absolute Gasteiger partial charge is 0.383 e. The molecule has 6 nitrogen and oxygen atoms in total. The Labute approximate surface area is 176 Å². The smallest absolute Gasteiger partial charge is 0.255 e. The van der Waals surface area contributed by atoms with Crippen LogP contribution in [-0.4, -0.2) is 34.6 Å². The zero-order chi connectivity index (χ0) is 21.1. The summed E-state index contributed by atoms with van der Waals surface area (Å²) in [5.41, 5.74) is 5.93. The van der Waals surface area contributed by atoms with Crippen molar-refractivity contribution in [3.05, 3.63) is 83.4 Å². The molecule has 0 saturated carbocycles. The monoisotopic (exact) mass is 422 g/mol. The van der Waals surface area contributed by atoms with Crippen molar-refractivity contribution in [2.24, 2.45) is 0 Å². The zero-order valence-corrected chi connectivity index (χ0v) is 17.3. The van der Waals surface area contributed by atoms with Gasteiger partial charge in [-0.2, -0.15) is 0 Å². The maximum Gasteiger partial charge on any atom is 0.255 e. The first-order valence-electron chi connectivity index (χ1n) is 9.59. The van der Waals surface area contributed by atoms with Gasteiger partial charge in [-0.15, -0.1) is 0 Å². The Morgan fingerprint density at radius 2 is 1.70 bits per heavy atom. The van der Waals surface area contributed by atoms with Crippen LogP contribution < -0.4 is 10.0 Å². The predicted octanol–water partition coefficient (Wildman–Crippen LogP) is 3.43. The van der Waals surface area contributed by atoms with Gasteiger partial charge in [0.05, 0.1) is 11.5 Å². The highest BCUT2D eigenvalue weighted by Gasteiger charge is 2.19. The Morgan fingerprint density at radius 3 is 2.47 bits per heavy atom. The van der Waals surface area contributed by atoms with E-state index in [0.29, 0.717) is 11.3 Å². The summed E-state index contributed by atoms with van der Waals surface area (Å²) in [7, 11) is -2.13. The molecular weight excluding hydrogens is 400 g/mol. The average molecular weight is 423 g/mol. The van der Waals surface area contributed by atoms with Crippen molar-refractivity contribution in [3.8, 4) is 11.1 Å². The average Bonchev–Trinajstić information content (AvgIpc) is 3.12. The minimum absolute atomic E-state index is 0.101. The SMILES string of the molecule is COCCNS(=O)(=O)c1ccc(C(=O)Nc2ccc3c(c2)-c2ccccc2C3)cc1. The van der Waals surface area contributed by atoms with Crippen molar-refractivity contribution in [3.63, 3.8) is 0 Å². The molecule has 3 aromatic rings. The topological polar surface area (TPSA) is 84.5 Å². The lowest BCUT2D eigenvalue weighted by Gasteiger charge is -2.09. The van der Waals surface area contributed by atoms with Crippen molar-refractivity contribution < 1.29 is 17.9 Å². The number of nitrogens with one attached hydrogen (secondary N) is 2. The minimum Gasteiger partial charge on any atom is -0.383 e. The first-order valence-corrected chi connectivity index (χ1v) is 11.1. The van der Waals surface area contributed by atoms with E-state index in [1.807, 2.05) is 30.3 Å². The molecule has 0 unspecified atom stereocenters. The highest BCUT2D eigenvalue weighted by Crippen LogP contribution is 2.37. The van der Waals surface area contributed by atoms with Crippen molar-refractivity contribution in [2.75, 3.05) is 25.6 Å². The summed E-state index contributed by atoms with van der Waals surface area (Å²) in [4.78, 5) is 12.7. The molecule has 2 N–H and O–H groups in total. The summed E-state index contributed by atoms with van der Waals surface area (Å²) in [6, 6.07) is 20.0. The molecule has 0 heterocycles. The number of hydrogen-bond donors (Lipinski definition) is 2. The highest BCUT2D eigenvalue weighted by molar-refractivity contribution is 7.89. The maximum atomic E-state index is 12.6. The number of sulfonamides is 1. The van der Waals surface area contributed by atoms with E-state index in [4.69, 9.17) is 4.74 Å². The molecule has 0 aliphatic heterocycles. The van der Waals surface area contributed by atoms with Gasteiger partial charge in [-0.25, -0.2) is 13.1 Å². The van der Waals surface area contributed by atoms with Gasteiger partial charge in [0.25, 0.3) is 5.91 Å². The second kappa shape index (κ2) is 8.39. The Hall–Kier alpha value is -3.00. The van der Waals surface area contributed by atoms with E-state index in [0.717, 1.165) is 12.0 Å². The van der Waals surface area contributed by atoms with Gasteiger partial charge < -0.3 is 10.1 Å². The number of ether oxygens (including phenoxy) is 1. The van der Waals surface area contributed by atoms with Crippen LogP contribution in [0.4, 0.5) is 5.69 Å². The zero-order valence-electron chi connectivity index (χ0n) is 16.5. The molecule has 0 bridgehead atoms. The van der Waals surface area contributed by atoms with Crippen LogP contribution in [0, 0.1) is 0 Å². The van der Waals surface area contributed by atoms with Crippen LogP contribution in [0.3, 0.4) is 0 Å². The molecular formula is C23H22N2O4S. The number of benzene rings is 3. The van der Waals surface area contributed by atoms with Crippen LogP contribution in [0.15, 0.2) is 71.6 Å². The van der Waals surface area contributed by atoms with Crippen molar-refractivity contribution in [1.29, 1.82) is 0 Å². The third-order valence-corrected chi connectivity index (χ3v) is 6.56. The van der Waals surface area contributed by atoms with Crippen molar-refractivity contribution in [1.82, 2.24) is 4.72 Å². The Bertz CT molecular complexity index is 1190. The van der Waals surface area contributed by atoms with Gasteiger partial charge >= 0.3 is 0 Å². The van der Waals surface area contributed by atoms with Gasteiger partial charge in [0, 0.05) is 24.9 Å². The van der Waals surface area contributed by atoms with Crippen LogP contribution in [0.2, 0.25) is 0 Å². The predicted molar refractivity (Wildman–Crippen MR) is 116 cm³/mol. The summed E-state index contributed by atoms with van der Waals surface area (Å²) in [5.74, 6) is -0.294. The van der Waals surface area contributed by atoms with Gasteiger partial charge in [0.1, 0.15) is 0 Å². The number of rotatable bonds is 7. The number of hydrogen-bond acceptors (Lipinski definition) is 4. The first kappa shape index (κ1) is 20.3. The fourth-order valence-corrected chi connectivity index (χ4v) is 4.56. The lowest BCUT2D eigenvalue weighted by molar-refractivity contribution is 0.102. The van der Waals surface area contributed by atoms with Gasteiger partial charge in [0.15, 0.2) is 0 Å². The second-order valence-corrected chi connectivity index (χ2v) is 8.84. The first-order chi connectivity index (χ1) is 14.5. The normalized spacial score (nSPS) is 12.3. The van der Waals surface area contributed by atoms with Gasteiger partial charge in [0.2, 0.25) is 10.0 Å². The third kappa shape index (κ3) is 4.14. The second-order valence-electron chi connectivity index (χ2n) is 7.07. The van der Waals surface area contributed by atoms with E-state index < -0.39 is 10.0 Å². The molecule has 7 heteroatoms. The number of fused-ring (bicyclic) bond motifs is 3. The summed E-state index contributed by atoms with van der Waals surface area (Å²) >= 11 is 0. The van der Waals surface area contributed by atoms with Gasteiger partial charge in [-0.05, 0) is 65.1 Å². The summed E-state index contributed by atoms with van der Waals surface area (Å²) in [6.45, 7) is 0.466. The Kier molecular flexibility index (Phi) is 5.67. The molecule has 0 atom stereocenters. The van der Waals surface area contributed by atoms with E-state index in [-0.39, 0.29) is 24.0 Å². The molecule has 0 fully saturated rings. The van der Waals surface area contributed by atoms with E-state index in [2.05, 4.69) is 22.2 Å². The quantitative estimate of drug-likeness (QED) is 0.447. The lowest BCUT2D eigenvalue weighted by atomic mass is 10.1. The highest BCUT2D eigenvalue weighted by atomic mass is 32.2. The van der Waals surface area contributed by atoms with E-state index in [9.17, 15) is 13.2 Å². The van der Waals surface area contributed by atoms with E-state index in [1.54, 1.807) is 0 Å². The molecule has 0 spiro atoms. The van der Waals surface area contributed by atoms with Gasteiger partial charge in [-0.3, -0.25) is 4.79 Å². The van der Waals surface area contributed by atoms with E-state index >= 15 is 0 Å². The number of anilines is 1. The van der Waals surface area contributed by atoms with Crippen LogP contribution in [0.5, 0.6) is 0 Å². The van der Waals surface area contributed by atoms with Gasteiger partial charge in [-0.1, -0.05) is 30.3 Å². The molecule has 1 aliphatic carbocycles. The number of carbonyl (C=O) groups is 1. The standard InChI is InChI=1S/C23H22N2O4S/c1-29-13-12-24-30(27,28)20-10-7-16(8-11-20)23(26)25-19-9-6-18-14-17-4-2-3-5-21(17)22(18)15-19/h2-11,15,24H,12-14H2,1H3,(H,25,26). The molecule has 154 valence electrons. The number of methoxy groups -OCH3 is 1. The summed E-state index contributed by atoms with van der Waals surface area (Å²) in [5, 5.41) is 2.90. The van der Waals surface area contributed by atoms with Crippen molar-refractivity contribution >= 4 is 21.6 Å². The molecule has 30 heavy (non-hydrogen) atoms. The summed E-state index contributed by atoms with van der Waals surface area (Å²) < 4.78 is 31.7. The number of carbonyl (C=O) groups excluding carboxylic acids is 1. The van der Waals surface area contributed by atoms with Crippen LogP contribution in [0.1, 0.15) is 21.5 Å². The molecule has 1 aliphatic rings. The Morgan fingerprint density at radius 1 is 0.967 bits per heavy atom. The Balaban J connectivity index is 1.48. The molecule has 3 aromatic carbocycles.